The Labute approximate surface area is 104 Å². The highest BCUT2D eigenvalue weighted by atomic mass is 32.2. The smallest absolute Gasteiger partial charge is 0.206 e. The second-order valence-electron chi connectivity index (χ2n) is 3.70. The molecule has 1 atom stereocenters. The van der Waals surface area contributed by atoms with E-state index in [9.17, 15) is 8.42 Å². The minimum absolute atomic E-state index is 0.0509. The fourth-order valence-corrected chi connectivity index (χ4v) is 3.47. The Morgan fingerprint density at radius 3 is 2.41 bits per heavy atom. The van der Waals surface area contributed by atoms with Crippen LogP contribution in [0.2, 0.25) is 0 Å². The zero-order chi connectivity index (χ0) is 13.1. The minimum atomic E-state index is -3.71. The van der Waals surface area contributed by atoms with E-state index >= 15 is 0 Å². The van der Waals surface area contributed by atoms with Crippen LogP contribution in [0.5, 0.6) is 0 Å². The van der Waals surface area contributed by atoms with Crippen LogP contribution in [0.25, 0.3) is 0 Å². The van der Waals surface area contributed by atoms with Gasteiger partial charge >= 0.3 is 0 Å². The molecule has 17 heavy (non-hydrogen) atoms. The molecule has 5 nitrogen and oxygen atoms in total. The molecule has 1 aromatic rings. The van der Waals surface area contributed by atoms with Crippen molar-refractivity contribution < 1.29 is 8.42 Å². The van der Waals surface area contributed by atoms with E-state index in [-0.39, 0.29) is 10.1 Å². The van der Waals surface area contributed by atoms with Gasteiger partial charge in [-0.1, -0.05) is 13.8 Å². The van der Waals surface area contributed by atoms with Gasteiger partial charge in [0.2, 0.25) is 0 Å². The molecular weight excluding hydrogens is 258 g/mol. The average molecular weight is 269 g/mol. The molecule has 0 aliphatic heterocycles. The van der Waals surface area contributed by atoms with Crippen molar-refractivity contribution in [3.63, 3.8) is 0 Å². The fourth-order valence-electron chi connectivity index (χ4n) is 1.06. The number of sulfonamides is 1. The van der Waals surface area contributed by atoms with E-state index in [0.717, 1.165) is 11.3 Å². The van der Waals surface area contributed by atoms with Crippen LogP contribution in [0.15, 0.2) is 16.3 Å². The number of thiophene rings is 1. The lowest BCUT2D eigenvalue weighted by atomic mass is 10.1. The summed E-state index contributed by atoms with van der Waals surface area (Å²) in [6.45, 7) is 3.51. The van der Waals surface area contributed by atoms with Gasteiger partial charge in [0.05, 0.1) is 6.07 Å². The molecule has 1 heterocycles. The summed E-state index contributed by atoms with van der Waals surface area (Å²) >= 11 is 0.883. The van der Waals surface area contributed by atoms with Crippen LogP contribution >= 0.6 is 11.3 Å². The summed E-state index contributed by atoms with van der Waals surface area (Å²) in [6.07, 6.45) is 0. The van der Waals surface area contributed by atoms with Gasteiger partial charge in [-0.2, -0.15) is 15.2 Å². The van der Waals surface area contributed by atoms with Gasteiger partial charge in [-0.25, -0.2) is 8.42 Å². The maximum atomic E-state index is 11.9. The van der Waals surface area contributed by atoms with Gasteiger partial charge in [0.25, 0.3) is 10.0 Å². The van der Waals surface area contributed by atoms with E-state index in [1.54, 1.807) is 13.8 Å². The minimum Gasteiger partial charge on any atom is -0.206 e. The summed E-state index contributed by atoms with van der Waals surface area (Å²) in [5.41, 5.74) is 0. The van der Waals surface area contributed by atoms with E-state index in [1.165, 1.54) is 12.1 Å². The van der Waals surface area contributed by atoms with E-state index in [0.29, 0.717) is 4.88 Å². The third-order valence-electron chi connectivity index (χ3n) is 2.04. The number of hydrogen-bond donors (Lipinski definition) is 1. The number of nitrogens with one attached hydrogen (secondary N) is 1. The Morgan fingerprint density at radius 1 is 1.35 bits per heavy atom. The summed E-state index contributed by atoms with van der Waals surface area (Å²) in [7, 11) is -3.71. The van der Waals surface area contributed by atoms with Crippen molar-refractivity contribution in [2.45, 2.75) is 24.1 Å². The highest BCUT2D eigenvalue weighted by Crippen LogP contribution is 2.21. The lowest BCUT2D eigenvalue weighted by Gasteiger charge is -2.13. The number of nitriles is 2. The topological polar surface area (TPSA) is 93.8 Å². The van der Waals surface area contributed by atoms with Crippen molar-refractivity contribution >= 4 is 21.4 Å². The molecule has 1 aromatic heterocycles. The van der Waals surface area contributed by atoms with E-state index in [4.69, 9.17) is 10.5 Å². The molecule has 0 amide bonds. The molecule has 0 saturated carbocycles. The van der Waals surface area contributed by atoms with Gasteiger partial charge in [-0.15, -0.1) is 11.3 Å². The molecule has 0 radical (unpaired) electrons. The Morgan fingerprint density at radius 2 is 2.00 bits per heavy atom. The second kappa shape index (κ2) is 5.28. The van der Waals surface area contributed by atoms with Gasteiger partial charge in [-0.3, -0.25) is 0 Å². The molecule has 1 rings (SSSR count). The largest absolute Gasteiger partial charge is 0.251 e. The molecular formula is C10H11N3O2S2. The summed E-state index contributed by atoms with van der Waals surface area (Å²) in [5, 5.41) is 17.5. The van der Waals surface area contributed by atoms with Crippen LogP contribution in [-0.2, 0) is 10.0 Å². The molecule has 0 aromatic carbocycles. The Hall–Kier alpha value is -1.41. The lowest BCUT2D eigenvalue weighted by Crippen LogP contribution is -2.36. The van der Waals surface area contributed by atoms with Gasteiger partial charge in [0, 0.05) is 0 Å². The van der Waals surface area contributed by atoms with Crippen LogP contribution in [0, 0.1) is 28.6 Å². The number of hydrogen-bond acceptors (Lipinski definition) is 5. The third kappa shape index (κ3) is 3.27. The third-order valence-corrected chi connectivity index (χ3v) is 4.97. The van der Waals surface area contributed by atoms with E-state index < -0.39 is 16.1 Å². The number of rotatable bonds is 4. The summed E-state index contributed by atoms with van der Waals surface area (Å²) in [4.78, 5) is 0.323. The molecule has 0 aliphatic carbocycles. The Balaban J connectivity index is 2.98. The van der Waals surface area contributed by atoms with Crippen molar-refractivity contribution in [2.24, 2.45) is 5.92 Å². The molecule has 1 unspecified atom stereocenters. The van der Waals surface area contributed by atoms with Gasteiger partial charge < -0.3 is 0 Å². The number of nitrogens with zero attached hydrogens (tertiary/aromatic N) is 2. The molecule has 0 fully saturated rings. The van der Waals surface area contributed by atoms with Crippen LogP contribution < -0.4 is 4.72 Å². The monoisotopic (exact) mass is 269 g/mol. The molecule has 0 aliphatic rings. The van der Waals surface area contributed by atoms with E-state index in [1.807, 2.05) is 12.1 Å². The molecule has 0 spiro atoms. The van der Waals surface area contributed by atoms with Gasteiger partial charge in [0.15, 0.2) is 0 Å². The summed E-state index contributed by atoms with van der Waals surface area (Å²) < 4.78 is 26.1. The van der Waals surface area contributed by atoms with Crippen LogP contribution in [0.4, 0.5) is 0 Å². The predicted molar refractivity (Wildman–Crippen MR) is 63.6 cm³/mol. The second-order valence-corrected chi connectivity index (χ2v) is 6.73. The van der Waals surface area contributed by atoms with Crippen molar-refractivity contribution in [2.75, 3.05) is 0 Å². The first-order valence-electron chi connectivity index (χ1n) is 4.82. The SMILES string of the molecule is CC(C)C(C#N)NS(=O)(=O)c1ccc(C#N)s1. The molecule has 0 saturated heterocycles. The summed E-state index contributed by atoms with van der Waals surface area (Å²) in [6, 6.07) is 5.80. The Bertz CT molecular complexity index is 575. The first kappa shape index (κ1) is 13.7. The highest BCUT2D eigenvalue weighted by Gasteiger charge is 2.23. The molecule has 90 valence electrons. The average Bonchev–Trinajstić information content (AvgIpc) is 2.74. The predicted octanol–water partition coefficient (Wildman–Crippen LogP) is 1.45. The van der Waals surface area contributed by atoms with Crippen molar-refractivity contribution in [1.82, 2.24) is 4.72 Å². The Kier molecular flexibility index (Phi) is 4.24. The maximum absolute atomic E-state index is 11.9. The molecule has 1 N–H and O–H groups in total. The standard InChI is InChI=1S/C10H11N3O2S2/c1-7(2)9(6-12)13-17(14,15)10-4-3-8(5-11)16-10/h3-4,7,9,13H,1-2H3. The van der Waals surface area contributed by atoms with Gasteiger partial charge in [-0.05, 0) is 18.1 Å². The molecule has 0 bridgehead atoms. The van der Waals surface area contributed by atoms with Crippen molar-refractivity contribution in [3.8, 4) is 12.1 Å². The van der Waals surface area contributed by atoms with Crippen LogP contribution in [0.3, 0.4) is 0 Å². The first-order valence-corrected chi connectivity index (χ1v) is 7.12. The van der Waals surface area contributed by atoms with E-state index in [2.05, 4.69) is 4.72 Å². The molecule has 7 heteroatoms. The quantitative estimate of drug-likeness (QED) is 0.895. The van der Waals surface area contributed by atoms with Crippen molar-refractivity contribution in [1.29, 1.82) is 10.5 Å². The zero-order valence-electron chi connectivity index (χ0n) is 9.34. The maximum Gasteiger partial charge on any atom is 0.251 e. The fraction of sp³-hybridized carbons (Fsp3) is 0.400. The zero-order valence-corrected chi connectivity index (χ0v) is 11.0. The van der Waals surface area contributed by atoms with Crippen molar-refractivity contribution in [3.05, 3.63) is 17.0 Å². The van der Waals surface area contributed by atoms with Gasteiger partial charge in [0.1, 0.15) is 21.2 Å². The normalized spacial score (nSPS) is 13.0. The first-order chi connectivity index (χ1) is 7.90. The lowest BCUT2D eigenvalue weighted by molar-refractivity contribution is 0.516. The van der Waals surface area contributed by atoms with Crippen LogP contribution in [0.1, 0.15) is 18.7 Å². The summed E-state index contributed by atoms with van der Waals surface area (Å²) in [5.74, 6) is -0.120. The van der Waals surface area contributed by atoms with Crippen LogP contribution in [-0.4, -0.2) is 14.5 Å². The highest BCUT2D eigenvalue weighted by molar-refractivity contribution is 7.91.